The highest BCUT2D eigenvalue weighted by atomic mass is 31.2. The van der Waals surface area contributed by atoms with Gasteiger partial charge in [-0.1, -0.05) is 253 Å². The molecule has 0 bridgehead atoms. The molecule has 0 aliphatic carbocycles. The number of phosphoric acid groups is 1. The normalized spacial score (nSPS) is 14.4. The first kappa shape index (κ1) is 77.6. The van der Waals surface area contributed by atoms with Gasteiger partial charge < -0.3 is 20.1 Å². The van der Waals surface area contributed by atoms with E-state index in [0.29, 0.717) is 12.8 Å². The zero-order chi connectivity index (χ0) is 60.1. The molecule has 83 heavy (non-hydrogen) atoms. The van der Waals surface area contributed by atoms with E-state index >= 15 is 0 Å². The van der Waals surface area contributed by atoms with Crippen LogP contribution in [0.15, 0.2) is 207 Å². The Bertz CT molecular complexity index is 2110. The van der Waals surface area contributed by atoms with Gasteiger partial charge in [-0.05, 0) is 148 Å². The number of carbonyl (C=O) groups is 2. The average molecular weight is 1160 g/mol. The van der Waals surface area contributed by atoms with Gasteiger partial charge in [0, 0.05) is 19.4 Å². The summed E-state index contributed by atoms with van der Waals surface area (Å²) in [6, 6.07) is 0. The van der Waals surface area contributed by atoms with Gasteiger partial charge in [0.15, 0.2) is 6.10 Å². The summed E-state index contributed by atoms with van der Waals surface area (Å²) in [4.78, 5) is 35.2. The Hall–Kier alpha value is -5.41. The van der Waals surface area contributed by atoms with Gasteiger partial charge >= 0.3 is 19.8 Å². The number of phosphoric ester groups is 1. The molecule has 0 aliphatic rings. The minimum Gasteiger partial charge on any atom is -0.462 e. The second-order valence-corrected chi connectivity index (χ2v) is 21.3. The van der Waals surface area contributed by atoms with Crippen molar-refractivity contribution in [2.24, 2.45) is 5.73 Å². The van der Waals surface area contributed by atoms with Crippen molar-refractivity contribution < 1.29 is 37.6 Å². The molecule has 462 valence electrons. The first-order chi connectivity index (χ1) is 40.8. The molecule has 9 nitrogen and oxygen atoms in total. The van der Waals surface area contributed by atoms with Crippen LogP contribution in [-0.4, -0.2) is 49.3 Å². The number of hydrogen-bond acceptors (Lipinski definition) is 8. The van der Waals surface area contributed by atoms with E-state index < -0.39 is 32.5 Å². The Morgan fingerprint density at radius 1 is 0.361 bits per heavy atom. The van der Waals surface area contributed by atoms with Crippen LogP contribution in [0.25, 0.3) is 0 Å². The van der Waals surface area contributed by atoms with E-state index in [1.54, 1.807) is 0 Å². The highest BCUT2D eigenvalue weighted by Crippen LogP contribution is 2.43. The zero-order valence-electron chi connectivity index (χ0n) is 51.6. The number of allylic oxidation sites excluding steroid dienone is 34. The van der Waals surface area contributed by atoms with Crippen LogP contribution in [-0.2, 0) is 32.7 Å². The Balaban J connectivity index is 4.12. The maximum atomic E-state index is 12.7. The smallest absolute Gasteiger partial charge is 0.462 e. The molecule has 0 radical (unpaired) electrons. The molecular weight excluding hydrogens is 1050 g/mol. The molecule has 0 aromatic heterocycles. The molecule has 10 heteroatoms. The second kappa shape index (κ2) is 65.7. The highest BCUT2D eigenvalue weighted by Gasteiger charge is 2.26. The summed E-state index contributed by atoms with van der Waals surface area (Å²) in [5, 5.41) is 0. The number of unbranched alkanes of at least 4 members (excludes halogenated alkanes) is 9. The van der Waals surface area contributed by atoms with Crippen molar-refractivity contribution >= 4 is 19.8 Å². The monoisotopic (exact) mass is 1160 g/mol. The van der Waals surface area contributed by atoms with Gasteiger partial charge in [0.1, 0.15) is 6.61 Å². The molecule has 0 spiro atoms. The third kappa shape index (κ3) is 65.6. The summed E-state index contributed by atoms with van der Waals surface area (Å²) in [5.74, 6) is -0.898. The Morgan fingerprint density at radius 2 is 0.627 bits per heavy atom. The molecule has 0 saturated carbocycles. The van der Waals surface area contributed by atoms with E-state index in [-0.39, 0.29) is 32.6 Å². The van der Waals surface area contributed by atoms with Crippen molar-refractivity contribution in [3.05, 3.63) is 207 Å². The van der Waals surface area contributed by atoms with Crippen molar-refractivity contribution in [3.63, 3.8) is 0 Å². The van der Waals surface area contributed by atoms with Crippen LogP contribution in [0.5, 0.6) is 0 Å². The lowest BCUT2D eigenvalue weighted by Gasteiger charge is -2.19. The van der Waals surface area contributed by atoms with Gasteiger partial charge in [-0.3, -0.25) is 18.6 Å². The molecule has 0 heterocycles. The molecule has 0 aromatic rings. The summed E-state index contributed by atoms with van der Waals surface area (Å²) in [7, 11) is -4.42. The SMILES string of the molecule is CC/C=C\C/C=C\C/C=C\C/C=C\C/C=C\C/C=C\C/C=C\C/C=C\C/C=C\C/C=C\C/C=C\CCCCCCCC(=O)OC(COC(=O)CCCCCC/C=C\C/C=C\C/C=C\C/C=C\C/C=C\C/C=C\CC)COP(=O)(O)OCCN. The fourth-order valence-electron chi connectivity index (χ4n) is 7.58. The standard InChI is InChI=1S/C73H112NO8P/c1-3-5-7-9-11-13-15-17-19-21-23-25-27-28-29-30-31-32-33-34-35-36-37-38-39-40-41-42-44-46-48-50-52-54-56-58-60-62-64-66-73(76)82-71(70-81-83(77,78)80-68-67-74)69-79-72(75)65-63-61-59-57-55-53-51-49-47-45-43-26-24-22-20-18-16-14-12-10-8-6-4-2/h5-8,11-14,17-20,23-26,28-29,31-32,34-35,37-38,40-41,44-47,50-53,71H,3-4,9-10,15-16,21-22,27,30,33,36,39,42-43,48-49,54-70,74H2,1-2H3,(H,77,78)/b7-5-,8-6-,13-11-,14-12-,19-17-,20-18-,25-23-,26-24-,29-28-,32-31-,35-34-,38-37-,41-40-,46-44-,47-45-,52-50-,53-51-. The summed E-state index contributed by atoms with van der Waals surface area (Å²) in [6.45, 7) is 3.42. The molecular formula is C73H112NO8P. The molecule has 0 saturated heterocycles. The van der Waals surface area contributed by atoms with E-state index in [9.17, 15) is 19.0 Å². The number of hydrogen-bond donors (Lipinski definition) is 2. The van der Waals surface area contributed by atoms with Crippen LogP contribution < -0.4 is 5.73 Å². The first-order valence-corrected chi connectivity index (χ1v) is 33.1. The van der Waals surface area contributed by atoms with Gasteiger partial charge in [-0.2, -0.15) is 0 Å². The lowest BCUT2D eigenvalue weighted by atomic mass is 10.1. The van der Waals surface area contributed by atoms with Crippen molar-refractivity contribution in [1.82, 2.24) is 0 Å². The highest BCUT2D eigenvalue weighted by molar-refractivity contribution is 7.47. The number of ether oxygens (including phenoxy) is 2. The van der Waals surface area contributed by atoms with E-state index in [1.807, 2.05) is 0 Å². The number of rotatable bonds is 56. The second-order valence-electron chi connectivity index (χ2n) is 19.8. The molecule has 0 aliphatic heterocycles. The first-order valence-electron chi connectivity index (χ1n) is 31.6. The lowest BCUT2D eigenvalue weighted by molar-refractivity contribution is -0.161. The van der Waals surface area contributed by atoms with Crippen molar-refractivity contribution in [2.45, 2.75) is 213 Å². The zero-order valence-corrected chi connectivity index (χ0v) is 52.5. The topological polar surface area (TPSA) is 134 Å². The fraction of sp³-hybridized carbons (Fsp3) is 0.507. The van der Waals surface area contributed by atoms with Crippen LogP contribution in [0.1, 0.15) is 206 Å². The van der Waals surface area contributed by atoms with Gasteiger partial charge in [-0.15, -0.1) is 0 Å². The Labute approximate surface area is 506 Å². The van der Waals surface area contributed by atoms with Gasteiger partial charge in [0.25, 0.3) is 0 Å². The van der Waals surface area contributed by atoms with Gasteiger partial charge in [-0.25, -0.2) is 4.57 Å². The number of nitrogens with two attached hydrogens (primary N) is 1. The number of carbonyl (C=O) groups excluding carboxylic acids is 2. The van der Waals surface area contributed by atoms with E-state index in [0.717, 1.165) is 167 Å². The fourth-order valence-corrected chi connectivity index (χ4v) is 8.35. The molecule has 0 fully saturated rings. The summed E-state index contributed by atoms with van der Waals surface area (Å²) in [6.07, 6.45) is 102. The molecule has 2 unspecified atom stereocenters. The molecule has 0 aromatic carbocycles. The number of esters is 2. The average Bonchev–Trinajstić information content (AvgIpc) is 3.48. The van der Waals surface area contributed by atoms with E-state index in [4.69, 9.17) is 24.3 Å². The van der Waals surface area contributed by atoms with Crippen LogP contribution in [0.2, 0.25) is 0 Å². The predicted octanol–water partition coefficient (Wildman–Crippen LogP) is 20.7. The minimum atomic E-state index is -4.42. The summed E-state index contributed by atoms with van der Waals surface area (Å²) in [5.41, 5.74) is 5.38. The van der Waals surface area contributed by atoms with E-state index in [1.165, 1.54) is 0 Å². The largest absolute Gasteiger partial charge is 0.472 e. The van der Waals surface area contributed by atoms with Gasteiger partial charge in [0.2, 0.25) is 0 Å². The lowest BCUT2D eigenvalue weighted by Crippen LogP contribution is -2.29. The third-order valence-electron chi connectivity index (χ3n) is 12.2. The molecule has 3 N–H and O–H groups in total. The molecule has 2 atom stereocenters. The third-order valence-corrected chi connectivity index (χ3v) is 13.1. The summed E-state index contributed by atoms with van der Waals surface area (Å²) >= 11 is 0. The van der Waals surface area contributed by atoms with Crippen LogP contribution >= 0.6 is 7.82 Å². The van der Waals surface area contributed by atoms with Crippen LogP contribution in [0.3, 0.4) is 0 Å². The van der Waals surface area contributed by atoms with Crippen LogP contribution in [0.4, 0.5) is 0 Å². The maximum absolute atomic E-state index is 12.7. The molecule has 0 rings (SSSR count). The van der Waals surface area contributed by atoms with Crippen molar-refractivity contribution in [1.29, 1.82) is 0 Å². The van der Waals surface area contributed by atoms with Gasteiger partial charge in [0.05, 0.1) is 13.2 Å². The van der Waals surface area contributed by atoms with Crippen molar-refractivity contribution in [3.8, 4) is 0 Å². The quantitative estimate of drug-likeness (QED) is 0.0264. The minimum absolute atomic E-state index is 0.0339. The predicted molar refractivity (Wildman–Crippen MR) is 357 cm³/mol. The Morgan fingerprint density at radius 3 is 0.928 bits per heavy atom. The Kier molecular flexibility index (Phi) is 61.5. The van der Waals surface area contributed by atoms with Crippen molar-refractivity contribution in [2.75, 3.05) is 26.4 Å². The van der Waals surface area contributed by atoms with Crippen LogP contribution in [0, 0.1) is 0 Å². The van der Waals surface area contributed by atoms with E-state index in [2.05, 4.69) is 220 Å². The molecule has 0 amide bonds. The summed E-state index contributed by atoms with van der Waals surface area (Å²) < 4.78 is 33.0. The maximum Gasteiger partial charge on any atom is 0.472 e.